The van der Waals surface area contributed by atoms with E-state index in [1.165, 1.54) is 7.11 Å². The molecular formula is C11H13BrO3. The van der Waals surface area contributed by atoms with Crippen molar-refractivity contribution in [3.05, 3.63) is 22.2 Å². The van der Waals surface area contributed by atoms with E-state index in [-0.39, 0.29) is 17.8 Å². The van der Waals surface area contributed by atoms with Gasteiger partial charge in [-0.3, -0.25) is 0 Å². The molecule has 0 radical (unpaired) electrons. The van der Waals surface area contributed by atoms with Gasteiger partial charge in [-0.05, 0) is 30.5 Å². The lowest BCUT2D eigenvalue weighted by molar-refractivity contribution is 0.254. The molecule has 0 aromatic heterocycles. The van der Waals surface area contributed by atoms with Gasteiger partial charge in [0.15, 0.2) is 11.5 Å². The van der Waals surface area contributed by atoms with E-state index in [0.29, 0.717) is 5.75 Å². The third kappa shape index (κ3) is 1.72. The van der Waals surface area contributed by atoms with E-state index in [1.807, 2.05) is 0 Å². The van der Waals surface area contributed by atoms with Crippen LogP contribution in [0.2, 0.25) is 0 Å². The van der Waals surface area contributed by atoms with Crippen LogP contribution in [0.5, 0.6) is 11.5 Å². The van der Waals surface area contributed by atoms with Gasteiger partial charge in [-0.2, -0.15) is 0 Å². The average molecular weight is 273 g/mol. The molecule has 0 aliphatic heterocycles. The van der Waals surface area contributed by atoms with Crippen LogP contribution in [-0.2, 0) is 5.41 Å². The molecule has 3 nitrogen and oxygen atoms in total. The predicted octanol–water partition coefficient (Wildman–Crippen LogP) is 2.19. The molecule has 0 saturated heterocycles. The van der Waals surface area contributed by atoms with Gasteiger partial charge in [0.2, 0.25) is 0 Å². The second-order valence-electron chi connectivity index (χ2n) is 3.94. The summed E-state index contributed by atoms with van der Waals surface area (Å²) in [5, 5.41) is 18.9. The number of hydrogen-bond acceptors (Lipinski definition) is 3. The van der Waals surface area contributed by atoms with E-state index in [4.69, 9.17) is 4.74 Å². The molecule has 1 aromatic carbocycles. The molecule has 2 rings (SSSR count). The summed E-state index contributed by atoms with van der Waals surface area (Å²) < 4.78 is 5.88. The number of phenolic OH excluding ortho intramolecular Hbond substituents is 1. The summed E-state index contributed by atoms with van der Waals surface area (Å²) >= 11 is 3.40. The minimum atomic E-state index is -0.125. The van der Waals surface area contributed by atoms with Crippen molar-refractivity contribution in [3.8, 4) is 11.5 Å². The summed E-state index contributed by atoms with van der Waals surface area (Å²) in [6.07, 6.45) is 1.96. The molecule has 15 heavy (non-hydrogen) atoms. The highest BCUT2D eigenvalue weighted by atomic mass is 79.9. The third-order valence-electron chi connectivity index (χ3n) is 3.00. The highest BCUT2D eigenvalue weighted by Gasteiger charge is 2.45. The summed E-state index contributed by atoms with van der Waals surface area (Å²) in [7, 11) is 1.52. The highest BCUT2D eigenvalue weighted by molar-refractivity contribution is 9.10. The van der Waals surface area contributed by atoms with E-state index in [2.05, 4.69) is 15.9 Å². The number of methoxy groups -OCH3 is 1. The molecule has 0 amide bonds. The van der Waals surface area contributed by atoms with Crippen molar-refractivity contribution in [2.75, 3.05) is 13.7 Å². The van der Waals surface area contributed by atoms with Gasteiger partial charge in [-0.15, -0.1) is 0 Å². The quantitative estimate of drug-likeness (QED) is 0.887. The molecule has 82 valence electrons. The number of aromatic hydroxyl groups is 1. The fraction of sp³-hybridized carbons (Fsp3) is 0.455. The summed E-state index contributed by atoms with van der Waals surface area (Å²) in [4.78, 5) is 0. The highest BCUT2D eigenvalue weighted by Crippen LogP contribution is 2.52. The normalized spacial score (nSPS) is 17.5. The number of phenols is 1. The third-order valence-corrected chi connectivity index (χ3v) is 3.65. The maximum absolute atomic E-state index is 9.56. The monoisotopic (exact) mass is 272 g/mol. The summed E-state index contributed by atoms with van der Waals surface area (Å²) in [6.45, 7) is 0.138. The van der Waals surface area contributed by atoms with Gasteiger partial charge < -0.3 is 14.9 Å². The van der Waals surface area contributed by atoms with Crippen LogP contribution in [0, 0.1) is 0 Å². The zero-order valence-corrected chi connectivity index (χ0v) is 10.0. The minimum absolute atomic E-state index is 0.113. The topological polar surface area (TPSA) is 49.7 Å². The fourth-order valence-corrected chi connectivity index (χ4v) is 2.53. The van der Waals surface area contributed by atoms with Crippen molar-refractivity contribution in [3.63, 3.8) is 0 Å². The molecule has 1 aromatic rings. The van der Waals surface area contributed by atoms with Crippen molar-refractivity contribution in [1.82, 2.24) is 0 Å². The van der Waals surface area contributed by atoms with E-state index in [9.17, 15) is 10.2 Å². The van der Waals surface area contributed by atoms with Crippen molar-refractivity contribution in [2.24, 2.45) is 0 Å². The Morgan fingerprint density at radius 1 is 1.47 bits per heavy atom. The van der Waals surface area contributed by atoms with Crippen LogP contribution in [0.3, 0.4) is 0 Å². The second-order valence-corrected chi connectivity index (χ2v) is 4.80. The van der Waals surface area contributed by atoms with Gasteiger partial charge in [0.25, 0.3) is 0 Å². The minimum Gasteiger partial charge on any atom is -0.504 e. The molecule has 1 fully saturated rings. The van der Waals surface area contributed by atoms with Gasteiger partial charge >= 0.3 is 0 Å². The number of ether oxygens (including phenoxy) is 1. The Kier molecular flexibility index (Phi) is 2.64. The molecule has 0 atom stereocenters. The zero-order chi connectivity index (χ0) is 11.1. The van der Waals surface area contributed by atoms with Crippen LogP contribution in [0.4, 0.5) is 0 Å². The van der Waals surface area contributed by atoms with Gasteiger partial charge in [0, 0.05) is 9.89 Å². The second kappa shape index (κ2) is 3.68. The number of rotatable bonds is 3. The smallest absolute Gasteiger partial charge is 0.160 e. The molecule has 1 aliphatic carbocycles. The summed E-state index contributed by atoms with van der Waals surface area (Å²) in [6, 6.07) is 3.41. The Morgan fingerprint density at radius 3 is 2.60 bits per heavy atom. The molecular weight excluding hydrogens is 260 g/mol. The standard InChI is InChI=1S/C11H13BrO3/c1-15-10-4-7(8(12)5-9(10)14)11(6-13)2-3-11/h4-5,13-14H,2-3,6H2,1H3. The van der Waals surface area contributed by atoms with Crippen molar-refractivity contribution in [1.29, 1.82) is 0 Å². The van der Waals surface area contributed by atoms with Crippen LogP contribution in [0.25, 0.3) is 0 Å². The van der Waals surface area contributed by atoms with Crippen LogP contribution in [0.1, 0.15) is 18.4 Å². The average Bonchev–Trinajstić information content (AvgIpc) is 2.99. The first-order valence-electron chi connectivity index (χ1n) is 4.81. The lowest BCUT2D eigenvalue weighted by Gasteiger charge is -2.16. The van der Waals surface area contributed by atoms with Crippen LogP contribution < -0.4 is 4.74 Å². The number of aliphatic hydroxyl groups is 1. The van der Waals surface area contributed by atoms with Crippen molar-refractivity contribution in [2.45, 2.75) is 18.3 Å². The SMILES string of the molecule is COc1cc(C2(CO)CC2)c(Br)cc1O. The largest absolute Gasteiger partial charge is 0.504 e. The Bertz CT molecular complexity index is 386. The molecule has 0 bridgehead atoms. The number of halogens is 1. The molecule has 0 heterocycles. The lowest BCUT2D eigenvalue weighted by atomic mass is 9.96. The summed E-state index contributed by atoms with van der Waals surface area (Å²) in [5.74, 6) is 0.565. The Morgan fingerprint density at radius 2 is 2.13 bits per heavy atom. The number of benzene rings is 1. The zero-order valence-electron chi connectivity index (χ0n) is 8.46. The Labute approximate surface area is 96.8 Å². The van der Waals surface area contributed by atoms with Gasteiger partial charge in [0.05, 0.1) is 13.7 Å². The van der Waals surface area contributed by atoms with E-state index >= 15 is 0 Å². The Hall–Kier alpha value is -0.740. The van der Waals surface area contributed by atoms with Gasteiger partial charge in [-0.25, -0.2) is 0 Å². The first-order chi connectivity index (χ1) is 7.13. The van der Waals surface area contributed by atoms with E-state index in [1.54, 1.807) is 12.1 Å². The molecule has 1 aliphatic rings. The van der Waals surface area contributed by atoms with E-state index in [0.717, 1.165) is 22.9 Å². The first-order valence-corrected chi connectivity index (χ1v) is 5.60. The first kappa shape index (κ1) is 10.8. The maximum atomic E-state index is 9.56. The molecule has 1 saturated carbocycles. The Balaban J connectivity index is 2.47. The molecule has 0 spiro atoms. The van der Waals surface area contributed by atoms with Crippen molar-refractivity contribution >= 4 is 15.9 Å². The fourth-order valence-electron chi connectivity index (χ4n) is 1.78. The number of hydrogen-bond donors (Lipinski definition) is 2. The maximum Gasteiger partial charge on any atom is 0.160 e. The summed E-state index contributed by atoms with van der Waals surface area (Å²) in [5.41, 5.74) is 0.888. The van der Waals surface area contributed by atoms with Gasteiger partial charge in [0.1, 0.15) is 0 Å². The lowest BCUT2D eigenvalue weighted by Crippen LogP contribution is -2.12. The van der Waals surface area contributed by atoms with Crippen LogP contribution >= 0.6 is 15.9 Å². The van der Waals surface area contributed by atoms with Gasteiger partial charge in [-0.1, -0.05) is 15.9 Å². The van der Waals surface area contributed by atoms with E-state index < -0.39 is 0 Å². The van der Waals surface area contributed by atoms with Crippen molar-refractivity contribution < 1.29 is 14.9 Å². The number of aliphatic hydroxyl groups excluding tert-OH is 1. The van der Waals surface area contributed by atoms with Crippen LogP contribution in [0.15, 0.2) is 16.6 Å². The molecule has 0 unspecified atom stereocenters. The molecule has 2 N–H and O–H groups in total. The predicted molar refractivity (Wildman–Crippen MR) is 60.4 cm³/mol. The molecule has 4 heteroatoms. The van der Waals surface area contributed by atoms with Crippen LogP contribution in [-0.4, -0.2) is 23.9 Å².